The smallest absolute Gasteiger partial charge is 0.238 e. The average molecular weight is 490 g/mol. The summed E-state index contributed by atoms with van der Waals surface area (Å²) in [6.07, 6.45) is 0.242. The van der Waals surface area contributed by atoms with Crippen molar-refractivity contribution < 1.29 is 18.0 Å². The molecule has 0 heterocycles. The van der Waals surface area contributed by atoms with Crippen LogP contribution < -0.4 is 15.8 Å². The van der Waals surface area contributed by atoms with Crippen LogP contribution in [0.4, 0.5) is 11.4 Å². The molecule has 3 aromatic rings. The molecule has 2 amide bonds. The van der Waals surface area contributed by atoms with E-state index in [4.69, 9.17) is 16.7 Å². The first-order valence-electron chi connectivity index (χ1n) is 9.39. The van der Waals surface area contributed by atoms with Crippen molar-refractivity contribution in [3.63, 3.8) is 0 Å². The molecule has 0 saturated heterocycles. The lowest BCUT2D eigenvalue weighted by atomic mass is 10.1. The van der Waals surface area contributed by atoms with Gasteiger partial charge >= 0.3 is 0 Å². The standard InChI is InChI=1S/C22H20ClN3O4S2/c23-16-3-1-15(2-4-16)13-21(27)25-17-5-9-19(10-6-17)31-14-22(28)26-18-7-11-20(12-8-18)32(24,29)30/h1-12H,13-14H2,(H,25,27)(H,26,28)(H2,24,29,30). The van der Waals surface area contributed by atoms with Crippen LogP contribution in [0.25, 0.3) is 0 Å². The number of carbonyl (C=O) groups excluding carboxylic acids is 2. The van der Waals surface area contributed by atoms with Crippen LogP contribution in [-0.2, 0) is 26.0 Å². The highest BCUT2D eigenvalue weighted by molar-refractivity contribution is 8.00. The second-order valence-corrected chi connectivity index (χ2v) is 9.83. The van der Waals surface area contributed by atoms with Crippen LogP contribution in [-0.4, -0.2) is 26.0 Å². The summed E-state index contributed by atoms with van der Waals surface area (Å²) in [5.74, 6) is -0.210. The molecule has 3 rings (SSSR count). The maximum Gasteiger partial charge on any atom is 0.238 e. The molecule has 7 nitrogen and oxygen atoms in total. The predicted octanol–water partition coefficient (Wildman–Crippen LogP) is 3.90. The normalized spacial score (nSPS) is 11.1. The highest BCUT2D eigenvalue weighted by Crippen LogP contribution is 2.21. The molecule has 0 aliphatic rings. The molecule has 3 aromatic carbocycles. The summed E-state index contributed by atoms with van der Waals surface area (Å²) in [4.78, 5) is 25.1. The molecular formula is C22H20ClN3O4S2. The van der Waals surface area contributed by atoms with E-state index in [9.17, 15) is 18.0 Å². The van der Waals surface area contributed by atoms with E-state index in [0.717, 1.165) is 10.5 Å². The molecular weight excluding hydrogens is 470 g/mol. The fraction of sp³-hybridized carbons (Fsp3) is 0.0909. The number of nitrogens with one attached hydrogen (secondary N) is 2. The summed E-state index contributed by atoms with van der Waals surface area (Å²) < 4.78 is 22.5. The van der Waals surface area contributed by atoms with Crippen molar-refractivity contribution in [2.24, 2.45) is 5.14 Å². The van der Waals surface area contributed by atoms with Gasteiger partial charge in [-0.25, -0.2) is 13.6 Å². The topological polar surface area (TPSA) is 118 Å². The highest BCUT2D eigenvalue weighted by Gasteiger charge is 2.09. The van der Waals surface area contributed by atoms with Crippen molar-refractivity contribution in [1.82, 2.24) is 0 Å². The number of primary sulfonamides is 1. The molecule has 166 valence electrons. The fourth-order valence-electron chi connectivity index (χ4n) is 2.70. The van der Waals surface area contributed by atoms with E-state index < -0.39 is 10.0 Å². The first kappa shape index (κ1) is 23.8. The number of amides is 2. The van der Waals surface area contributed by atoms with Crippen LogP contribution in [0.2, 0.25) is 5.02 Å². The Kier molecular flexibility index (Phi) is 7.92. The third-order valence-electron chi connectivity index (χ3n) is 4.25. The Labute approximate surface area is 195 Å². The Hall–Kier alpha value is -2.85. The van der Waals surface area contributed by atoms with Gasteiger partial charge in [0.05, 0.1) is 17.1 Å². The van der Waals surface area contributed by atoms with Crippen LogP contribution in [0.3, 0.4) is 0 Å². The second-order valence-electron chi connectivity index (χ2n) is 6.78. The number of benzene rings is 3. The molecule has 4 N–H and O–H groups in total. The van der Waals surface area contributed by atoms with E-state index in [2.05, 4.69) is 10.6 Å². The lowest BCUT2D eigenvalue weighted by molar-refractivity contribution is -0.115. The third-order valence-corrected chi connectivity index (χ3v) is 6.45. The Morgan fingerprint density at radius 1 is 0.812 bits per heavy atom. The molecule has 0 fully saturated rings. The fourth-order valence-corrected chi connectivity index (χ4v) is 4.04. The van der Waals surface area contributed by atoms with Crippen molar-refractivity contribution in [3.05, 3.63) is 83.4 Å². The van der Waals surface area contributed by atoms with Gasteiger partial charge < -0.3 is 10.6 Å². The van der Waals surface area contributed by atoms with Crippen LogP contribution >= 0.6 is 23.4 Å². The molecule has 0 spiro atoms. The van der Waals surface area contributed by atoms with Gasteiger partial charge in [0.1, 0.15) is 0 Å². The lowest BCUT2D eigenvalue weighted by Crippen LogP contribution is -2.15. The summed E-state index contributed by atoms with van der Waals surface area (Å²) in [7, 11) is -3.77. The number of rotatable bonds is 8. The van der Waals surface area contributed by atoms with Gasteiger partial charge in [0.15, 0.2) is 0 Å². The quantitative estimate of drug-likeness (QED) is 0.415. The van der Waals surface area contributed by atoms with Gasteiger partial charge in [-0.1, -0.05) is 23.7 Å². The number of hydrogen-bond donors (Lipinski definition) is 3. The maximum atomic E-state index is 12.2. The van der Waals surface area contributed by atoms with Crippen molar-refractivity contribution >= 4 is 56.6 Å². The number of sulfonamides is 1. The minimum atomic E-state index is -3.77. The van der Waals surface area contributed by atoms with Crippen LogP contribution in [0, 0.1) is 0 Å². The largest absolute Gasteiger partial charge is 0.326 e. The highest BCUT2D eigenvalue weighted by atomic mass is 35.5. The van der Waals surface area contributed by atoms with E-state index in [1.807, 2.05) is 12.1 Å². The molecule has 0 saturated carbocycles. The van der Waals surface area contributed by atoms with Crippen LogP contribution in [0.5, 0.6) is 0 Å². The Balaban J connectivity index is 1.46. The van der Waals surface area contributed by atoms with Gasteiger partial charge in [-0.3, -0.25) is 9.59 Å². The van der Waals surface area contributed by atoms with Crippen molar-refractivity contribution in [1.29, 1.82) is 0 Å². The van der Waals surface area contributed by atoms with Gasteiger partial charge in [-0.15, -0.1) is 11.8 Å². The van der Waals surface area contributed by atoms with Crippen LogP contribution in [0.1, 0.15) is 5.56 Å². The average Bonchev–Trinajstić information content (AvgIpc) is 2.74. The summed E-state index contributed by atoms with van der Waals surface area (Å²) in [5, 5.41) is 11.2. The molecule has 0 atom stereocenters. The van der Waals surface area contributed by atoms with E-state index >= 15 is 0 Å². The van der Waals surface area contributed by atoms with E-state index in [1.54, 1.807) is 36.4 Å². The van der Waals surface area contributed by atoms with Crippen LogP contribution in [0.15, 0.2) is 82.6 Å². The summed E-state index contributed by atoms with van der Waals surface area (Å²) >= 11 is 7.18. The zero-order chi connectivity index (χ0) is 23.1. The SMILES string of the molecule is NS(=O)(=O)c1ccc(NC(=O)CSc2ccc(NC(=O)Cc3ccc(Cl)cc3)cc2)cc1. The molecule has 0 aliphatic carbocycles. The minimum Gasteiger partial charge on any atom is -0.326 e. The molecule has 10 heteroatoms. The monoisotopic (exact) mass is 489 g/mol. The van der Waals surface area contributed by atoms with Crippen molar-refractivity contribution in [2.45, 2.75) is 16.2 Å². The maximum absolute atomic E-state index is 12.2. The van der Waals surface area contributed by atoms with Gasteiger partial charge in [0.25, 0.3) is 0 Å². The lowest BCUT2D eigenvalue weighted by Gasteiger charge is -2.08. The third kappa shape index (κ3) is 7.38. The van der Waals surface area contributed by atoms with Gasteiger partial charge in [0, 0.05) is 21.3 Å². The number of anilines is 2. The number of carbonyl (C=O) groups is 2. The second kappa shape index (κ2) is 10.6. The van der Waals surface area contributed by atoms with Gasteiger partial charge in [-0.05, 0) is 66.2 Å². The molecule has 0 radical (unpaired) electrons. The predicted molar refractivity (Wildman–Crippen MR) is 127 cm³/mol. The molecule has 0 unspecified atom stereocenters. The number of nitrogens with two attached hydrogens (primary N) is 1. The summed E-state index contributed by atoms with van der Waals surface area (Å²) in [5.41, 5.74) is 2.00. The molecule has 32 heavy (non-hydrogen) atoms. The van der Waals surface area contributed by atoms with Gasteiger partial charge in [0.2, 0.25) is 21.8 Å². The first-order chi connectivity index (χ1) is 15.2. The summed E-state index contributed by atoms with van der Waals surface area (Å²) in [6, 6.07) is 19.9. The first-order valence-corrected chi connectivity index (χ1v) is 12.3. The minimum absolute atomic E-state index is 0.0229. The van der Waals surface area contributed by atoms with Crippen molar-refractivity contribution in [3.8, 4) is 0 Å². The van der Waals surface area contributed by atoms with Crippen molar-refractivity contribution in [2.75, 3.05) is 16.4 Å². The zero-order valence-corrected chi connectivity index (χ0v) is 19.1. The van der Waals surface area contributed by atoms with E-state index in [1.165, 1.54) is 36.0 Å². The number of thioether (sulfide) groups is 1. The van der Waals surface area contributed by atoms with E-state index in [0.29, 0.717) is 16.4 Å². The Morgan fingerprint density at radius 2 is 1.34 bits per heavy atom. The number of hydrogen-bond acceptors (Lipinski definition) is 5. The van der Waals surface area contributed by atoms with Gasteiger partial charge in [-0.2, -0.15) is 0 Å². The molecule has 0 aromatic heterocycles. The summed E-state index contributed by atoms with van der Waals surface area (Å²) in [6.45, 7) is 0. The number of halogens is 1. The zero-order valence-electron chi connectivity index (χ0n) is 16.7. The Bertz CT molecular complexity index is 1200. The van der Waals surface area contributed by atoms with E-state index in [-0.39, 0.29) is 28.9 Å². The Morgan fingerprint density at radius 3 is 1.91 bits per heavy atom. The molecule has 0 bridgehead atoms. The molecule has 0 aliphatic heterocycles.